The average molecular weight is 351 g/mol. The van der Waals surface area contributed by atoms with Crippen molar-refractivity contribution in [2.45, 2.75) is 25.8 Å². The molecule has 134 valence electrons. The Hall–Kier alpha value is -2.73. The van der Waals surface area contributed by atoms with E-state index in [1.165, 1.54) is 0 Å². The van der Waals surface area contributed by atoms with Gasteiger partial charge in [0.15, 0.2) is 0 Å². The molecule has 1 aliphatic rings. The van der Waals surface area contributed by atoms with Crippen molar-refractivity contribution in [1.82, 2.24) is 14.9 Å². The lowest BCUT2D eigenvalue weighted by Crippen LogP contribution is -2.48. The lowest BCUT2D eigenvalue weighted by atomic mass is 10.0. The van der Waals surface area contributed by atoms with E-state index < -0.39 is 0 Å². The maximum Gasteiger partial charge on any atom is 0.254 e. The van der Waals surface area contributed by atoms with Gasteiger partial charge in [-0.1, -0.05) is 0 Å². The van der Waals surface area contributed by atoms with Crippen LogP contribution in [0.1, 0.15) is 28.2 Å². The lowest BCUT2D eigenvalue weighted by Gasteiger charge is -2.35. The van der Waals surface area contributed by atoms with Gasteiger partial charge in [0.05, 0.1) is 24.9 Å². The minimum atomic E-state index is 0.0400. The minimum absolute atomic E-state index is 0.0400. The van der Waals surface area contributed by atoms with Gasteiger partial charge in [-0.2, -0.15) is 0 Å². The Bertz CT molecular complexity index is 907. The van der Waals surface area contributed by atoms with E-state index in [1.54, 1.807) is 18.6 Å². The molecule has 6 heteroatoms. The van der Waals surface area contributed by atoms with Crippen molar-refractivity contribution in [3.63, 3.8) is 0 Å². The minimum Gasteiger partial charge on any atom is -0.461 e. The van der Waals surface area contributed by atoms with Gasteiger partial charge < -0.3 is 14.1 Å². The van der Waals surface area contributed by atoms with Crippen molar-refractivity contribution in [1.29, 1.82) is 0 Å². The first kappa shape index (κ1) is 16.7. The van der Waals surface area contributed by atoms with Gasteiger partial charge in [-0.05, 0) is 44.0 Å². The predicted octanol–water partition coefficient (Wildman–Crippen LogP) is 3.01. The third-order valence-electron chi connectivity index (χ3n) is 4.73. The fourth-order valence-corrected chi connectivity index (χ4v) is 3.41. The molecule has 0 aliphatic carbocycles. The zero-order chi connectivity index (χ0) is 17.9. The largest absolute Gasteiger partial charge is 0.461 e. The molecule has 3 aromatic rings. The Morgan fingerprint density at radius 2 is 2.23 bits per heavy atom. The molecule has 1 saturated heterocycles. The quantitative estimate of drug-likeness (QED) is 0.723. The van der Waals surface area contributed by atoms with Gasteiger partial charge in [0.1, 0.15) is 11.3 Å². The van der Waals surface area contributed by atoms with E-state index in [1.807, 2.05) is 36.1 Å². The summed E-state index contributed by atoms with van der Waals surface area (Å²) in [6, 6.07) is 7.60. The summed E-state index contributed by atoms with van der Waals surface area (Å²) in [4.78, 5) is 23.4. The van der Waals surface area contributed by atoms with Gasteiger partial charge >= 0.3 is 0 Å². The molecule has 0 saturated carbocycles. The molecule has 4 rings (SSSR count). The number of hydrogen-bond donors (Lipinski definition) is 0. The number of amides is 1. The summed E-state index contributed by atoms with van der Waals surface area (Å²) in [5, 5.41) is 0.956. The number of morpholine rings is 1. The molecular formula is C20H21N3O3. The Morgan fingerprint density at radius 1 is 1.31 bits per heavy atom. The van der Waals surface area contributed by atoms with E-state index in [2.05, 4.69) is 9.97 Å². The van der Waals surface area contributed by atoms with Crippen LogP contribution in [0.25, 0.3) is 11.0 Å². The number of nitrogens with zero attached hydrogens (tertiary/aromatic N) is 3. The van der Waals surface area contributed by atoms with Crippen molar-refractivity contribution in [3.8, 4) is 0 Å². The Balaban J connectivity index is 1.51. The molecule has 1 fully saturated rings. The fraction of sp³-hybridized carbons (Fsp3) is 0.350. The second-order valence-electron chi connectivity index (χ2n) is 6.57. The van der Waals surface area contributed by atoms with Gasteiger partial charge in [0.25, 0.3) is 5.91 Å². The highest BCUT2D eigenvalue weighted by atomic mass is 16.5. The molecule has 6 nitrogen and oxygen atoms in total. The van der Waals surface area contributed by atoms with Crippen LogP contribution in [-0.4, -0.2) is 46.6 Å². The number of benzene rings is 1. The zero-order valence-electron chi connectivity index (χ0n) is 14.7. The highest BCUT2D eigenvalue weighted by Crippen LogP contribution is 2.23. The predicted molar refractivity (Wildman–Crippen MR) is 96.9 cm³/mol. The Morgan fingerprint density at radius 3 is 3.08 bits per heavy atom. The maximum atomic E-state index is 13.1. The van der Waals surface area contributed by atoms with E-state index in [-0.39, 0.29) is 11.9 Å². The number of ether oxygens (including phenoxy) is 1. The second-order valence-corrected chi connectivity index (χ2v) is 6.57. The van der Waals surface area contributed by atoms with E-state index in [4.69, 9.17) is 9.15 Å². The van der Waals surface area contributed by atoms with Crippen LogP contribution in [0.15, 0.2) is 47.3 Å². The smallest absolute Gasteiger partial charge is 0.254 e. The number of rotatable bonds is 4. The molecule has 0 bridgehead atoms. The maximum absolute atomic E-state index is 13.1. The molecule has 1 aliphatic heterocycles. The third kappa shape index (κ3) is 3.46. The second kappa shape index (κ2) is 7.25. The summed E-state index contributed by atoms with van der Waals surface area (Å²) in [6.07, 6.45) is 6.70. The zero-order valence-corrected chi connectivity index (χ0v) is 14.7. The normalized spacial score (nSPS) is 17.6. The first-order chi connectivity index (χ1) is 12.7. The first-order valence-electron chi connectivity index (χ1n) is 8.84. The Labute approximate surface area is 151 Å². The number of fused-ring (bicyclic) bond motifs is 1. The van der Waals surface area contributed by atoms with Crippen LogP contribution >= 0.6 is 0 Å². The van der Waals surface area contributed by atoms with Gasteiger partial charge in [0, 0.05) is 36.1 Å². The SMILES string of the molecule is Cc1cc2cc(C(=O)N3CCOC[C@@H]3CCc3cnccn3)ccc2o1. The summed E-state index contributed by atoms with van der Waals surface area (Å²) >= 11 is 0. The van der Waals surface area contributed by atoms with Crippen molar-refractivity contribution in [2.75, 3.05) is 19.8 Å². The highest BCUT2D eigenvalue weighted by molar-refractivity contribution is 5.98. The van der Waals surface area contributed by atoms with E-state index >= 15 is 0 Å². The summed E-state index contributed by atoms with van der Waals surface area (Å²) in [7, 11) is 0. The number of carbonyl (C=O) groups is 1. The number of carbonyl (C=O) groups excluding carboxylic acids is 1. The van der Waals surface area contributed by atoms with Crippen LogP contribution in [0.5, 0.6) is 0 Å². The topological polar surface area (TPSA) is 68.5 Å². The highest BCUT2D eigenvalue weighted by Gasteiger charge is 2.28. The van der Waals surface area contributed by atoms with E-state index in [0.717, 1.165) is 35.3 Å². The van der Waals surface area contributed by atoms with Gasteiger partial charge in [-0.15, -0.1) is 0 Å². The summed E-state index contributed by atoms with van der Waals surface area (Å²) in [5.74, 6) is 0.885. The number of hydrogen-bond acceptors (Lipinski definition) is 5. The number of aromatic nitrogens is 2. The summed E-state index contributed by atoms with van der Waals surface area (Å²) < 4.78 is 11.2. The average Bonchev–Trinajstić information content (AvgIpc) is 3.06. The lowest BCUT2D eigenvalue weighted by molar-refractivity contribution is -0.00412. The van der Waals surface area contributed by atoms with Crippen LogP contribution in [0.4, 0.5) is 0 Å². The van der Waals surface area contributed by atoms with E-state index in [9.17, 15) is 4.79 Å². The van der Waals surface area contributed by atoms with Crippen LogP contribution in [0, 0.1) is 6.92 Å². The first-order valence-corrected chi connectivity index (χ1v) is 8.84. The molecule has 3 heterocycles. The van der Waals surface area contributed by atoms with Crippen LogP contribution in [0.2, 0.25) is 0 Å². The molecular weight excluding hydrogens is 330 g/mol. The summed E-state index contributed by atoms with van der Waals surface area (Å²) in [5.41, 5.74) is 2.42. The van der Waals surface area contributed by atoms with Gasteiger partial charge in [0.2, 0.25) is 0 Å². The van der Waals surface area contributed by atoms with Crippen molar-refractivity contribution in [3.05, 3.63) is 59.9 Å². The van der Waals surface area contributed by atoms with Gasteiger partial charge in [-0.3, -0.25) is 14.8 Å². The molecule has 0 N–H and O–H groups in total. The molecule has 2 aromatic heterocycles. The van der Waals surface area contributed by atoms with Crippen LogP contribution in [-0.2, 0) is 11.2 Å². The Kier molecular flexibility index (Phi) is 4.67. The molecule has 1 amide bonds. The van der Waals surface area contributed by atoms with Crippen molar-refractivity contribution in [2.24, 2.45) is 0 Å². The van der Waals surface area contributed by atoms with Crippen molar-refractivity contribution < 1.29 is 13.9 Å². The standard InChI is InChI=1S/C20H21N3O3/c1-14-10-16-11-15(2-5-19(16)26-14)20(24)23-8-9-25-13-18(23)4-3-17-12-21-6-7-22-17/h2,5-7,10-12,18H,3-4,8-9,13H2,1H3/t18-/m0/s1. The van der Waals surface area contributed by atoms with Crippen LogP contribution < -0.4 is 0 Å². The molecule has 1 aromatic carbocycles. The molecule has 0 radical (unpaired) electrons. The summed E-state index contributed by atoms with van der Waals surface area (Å²) in [6.45, 7) is 3.64. The number of aryl methyl sites for hydroxylation is 2. The molecule has 0 spiro atoms. The molecule has 1 atom stereocenters. The number of furan rings is 1. The monoisotopic (exact) mass is 351 g/mol. The molecule has 0 unspecified atom stereocenters. The van der Waals surface area contributed by atoms with Crippen molar-refractivity contribution >= 4 is 16.9 Å². The third-order valence-corrected chi connectivity index (χ3v) is 4.73. The van der Waals surface area contributed by atoms with E-state index in [0.29, 0.717) is 25.3 Å². The fourth-order valence-electron chi connectivity index (χ4n) is 3.41. The van der Waals surface area contributed by atoms with Crippen LogP contribution in [0.3, 0.4) is 0 Å². The molecule has 26 heavy (non-hydrogen) atoms. The van der Waals surface area contributed by atoms with Gasteiger partial charge in [-0.25, -0.2) is 0 Å².